The highest BCUT2D eigenvalue weighted by Gasteiger charge is 2.37. The predicted molar refractivity (Wildman–Crippen MR) is 72.1 cm³/mol. The molecule has 1 aromatic rings. The average Bonchev–Trinajstić information content (AvgIpc) is 2.28. The zero-order valence-corrected chi connectivity index (χ0v) is 11.8. The molecule has 5 heteroatoms. The molecule has 0 fully saturated rings. The van der Waals surface area contributed by atoms with Crippen molar-refractivity contribution in [2.75, 3.05) is 12.8 Å². The summed E-state index contributed by atoms with van der Waals surface area (Å²) in [5.74, 6) is -0.457. The van der Waals surface area contributed by atoms with Crippen LogP contribution >= 0.6 is 0 Å². The Hall–Kier alpha value is -1.36. The van der Waals surface area contributed by atoms with Crippen molar-refractivity contribution >= 4 is 15.7 Å². The summed E-state index contributed by atoms with van der Waals surface area (Å²) in [6.07, 6.45) is 1.76. The monoisotopic (exact) mass is 269 g/mol. The van der Waals surface area contributed by atoms with Gasteiger partial charge in [-0.3, -0.25) is 4.79 Å². The molecular formula is C13H19NO3S. The maximum absolute atomic E-state index is 11.8. The Kier molecular flexibility index (Phi) is 4.51. The Morgan fingerprint density at radius 3 is 2.28 bits per heavy atom. The topological polar surface area (TPSA) is 63.2 Å². The second-order valence-electron chi connectivity index (χ2n) is 4.77. The molecule has 0 aliphatic heterocycles. The van der Waals surface area contributed by atoms with Crippen LogP contribution in [0.1, 0.15) is 19.4 Å². The highest BCUT2D eigenvalue weighted by atomic mass is 32.2. The molecule has 0 radical (unpaired) electrons. The summed E-state index contributed by atoms with van der Waals surface area (Å²) in [4.78, 5) is 11.8. The number of hydrogen-bond acceptors (Lipinski definition) is 3. The van der Waals surface area contributed by atoms with Crippen molar-refractivity contribution < 1.29 is 13.2 Å². The van der Waals surface area contributed by atoms with Gasteiger partial charge in [0.2, 0.25) is 5.91 Å². The van der Waals surface area contributed by atoms with Crippen molar-refractivity contribution in [2.24, 2.45) is 0 Å². The number of nitrogens with one attached hydrogen (secondary N) is 1. The van der Waals surface area contributed by atoms with Crippen LogP contribution in [0.25, 0.3) is 0 Å². The summed E-state index contributed by atoms with van der Waals surface area (Å²) in [6.45, 7) is 3.27. The fourth-order valence-electron chi connectivity index (χ4n) is 1.35. The van der Waals surface area contributed by atoms with Gasteiger partial charge >= 0.3 is 0 Å². The second-order valence-corrected chi connectivity index (χ2v) is 7.34. The summed E-state index contributed by atoms with van der Waals surface area (Å²) in [5, 5.41) is 2.66. The summed E-state index contributed by atoms with van der Waals surface area (Å²) < 4.78 is 21.5. The fraction of sp³-hybridized carbons (Fsp3) is 0.462. The van der Waals surface area contributed by atoms with E-state index >= 15 is 0 Å². The van der Waals surface area contributed by atoms with E-state index in [1.54, 1.807) is 0 Å². The molecule has 1 amide bonds. The number of rotatable bonds is 5. The lowest BCUT2D eigenvalue weighted by Gasteiger charge is -2.21. The van der Waals surface area contributed by atoms with Gasteiger partial charge in [-0.05, 0) is 25.8 Å². The first-order valence-corrected chi connectivity index (χ1v) is 7.66. The van der Waals surface area contributed by atoms with Crippen LogP contribution in [-0.4, -0.2) is 31.9 Å². The van der Waals surface area contributed by atoms with Crippen LogP contribution in [0, 0.1) is 0 Å². The van der Waals surface area contributed by atoms with Crippen LogP contribution in [0.2, 0.25) is 0 Å². The minimum absolute atomic E-state index is 0.432. The van der Waals surface area contributed by atoms with Gasteiger partial charge in [0, 0.05) is 12.8 Å². The SMILES string of the molecule is CC(C)(C(=O)NCCc1ccccc1)S(C)(=O)=O. The van der Waals surface area contributed by atoms with Gasteiger partial charge in [0.25, 0.3) is 0 Å². The van der Waals surface area contributed by atoms with Gasteiger partial charge in [-0.1, -0.05) is 30.3 Å². The summed E-state index contributed by atoms with van der Waals surface area (Å²) in [5.41, 5.74) is 1.11. The zero-order valence-electron chi connectivity index (χ0n) is 10.9. The maximum Gasteiger partial charge on any atom is 0.240 e. The molecule has 0 atom stereocenters. The molecule has 0 saturated heterocycles. The maximum atomic E-state index is 11.8. The molecule has 0 unspecified atom stereocenters. The van der Waals surface area contributed by atoms with Crippen molar-refractivity contribution in [1.29, 1.82) is 0 Å². The first-order chi connectivity index (χ1) is 8.25. The molecule has 1 aromatic carbocycles. The number of carbonyl (C=O) groups excluding carboxylic acids is 1. The third-order valence-corrected chi connectivity index (χ3v) is 5.06. The quantitative estimate of drug-likeness (QED) is 0.872. The van der Waals surface area contributed by atoms with E-state index in [1.165, 1.54) is 13.8 Å². The Morgan fingerprint density at radius 2 is 1.78 bits per heavy atom. The van der Waals surface area contributed by atoms with Crippen LogP contribution in [0.3, 0.4) is 0 Å². The van der Waals surface area contributed by atoms with Crippen LogP contribution < -0.4 is 5.32 Å². The first-order valence-electron chi connectivity index (χ1n) is 5.77. The largest absolute Gasteiger partial charge is 0.354 e. The molecule has 0 aliphatic rings. The molecule has 0 heterocycles. The summed E-state index contributed by atoms with van der Waals surface area (Å²) >= 11 is 0. The average molecular weight is 269 g/mol. The molecule has 0 aromatic heterocycles. The van der Waals surface area contributed by atoms with E-state index in [-0.39, 0.29) is 0 Å². The van der Waals surface area contributed by atoms with Crippen molar-refractivity contribution in [3.05, 3.63) is 35.9 Å². The first kappa shape index (κ1) is 14.7. The molecule has 18 heavy (non-hydrogen) atoms. The molecule has 0 spiro atoms. The molecule has 4 nitrogen and oxygen atoms in total. The zero-order chi connectivity index (χ0) is 13.8. The van der Waals surface area contributed by atoms with Crippen molar-refractivity contribution in [2.45, 2.75) is 25.0 Å². The molecular weight excluding hydrogens is 250 g/mol. The van der Waals surface area contributed by atoms with E-state index in [9.17, 15) is 13.2 Å². The molecule has 1 N–H and O–H groups in total. The predicted octanol–water partition coefficient (Wildman–Crippen LogP) is 1.17. The number of carbonyl (C=O) groups is 1. The van der Waals surface area contributed by atoms with Gasteiger partial charge in [-0.2, -0.15) is 0 Å². The van der Waals surface area contributed by atoms with Gasteiger partial charge < -0.3 is 5.32 Å². The number of amides is 1. The Labute approximate surface area is 108 Å². The van der Waals surface area contributed by atoms with Gasteiger partial charge in [0.15, 0.2) is 9.84 Å². The van der Waals surface area contributed by atoms with Gasteiger partial charge in [0.1, 0.15) is 4.75 Å². The van der Waals surface area contributed by atoms with Crippen molar-refractivity contribution in [3.8, 4) is 0 Å². The summed E-state index contributed by atoms with van der Waals surface area (Å²) in [6, 6.07) is 9.71. The third kappa shape index (κ3) is 3.57. The van der Waals surface area contributed by atoms with E-state index in [2.05, 4.69) is 5.32 Å². The van der Waals surface area contributed by atoms with Gasteiger partial charge in [-0.15, -0.1) is 0 Å². The van der Waals surface area contributed by atoms with Crippen molar-refractivity contribution in [3.63, 3.8) is 0 Å². The van der Waals surface area contributed by atoms with Gasteiger partial charge in [-0.25, -0.2) is 8.42 Å². The highest BCUT2D eigenvalue weighted by Crippen LogP contribution is 2.14. The number of sulfone groups is 1. The van der Waals surface area contributed by atoms with Crippen LogP contribution in [0.5, 0.6) is 0 Å². The number of benzene rings is 1. The van der Waals surface area contributed by atoms with Crippen LogP contribution in [0.15, 0.2) is 30.3 Å². The van der Waals surface area contributed by atoms with E-state index in [4.69, 9.17) is 0 Å². The van der Waals surface area contributed by atoms with Crippen LogP contribution in [0.4, 0.5) is 0 Å². The minimum Gasteiger partial charge on any atom is -0.354 e. The molecule has 0 bridgehead atoms. The van der Waals surface area contributed by atoms with E-state index in [1.807, 2.05) is 30.3 Å². The van der Waals surface area contributed by atoms with E-state index in [0.29, 0.717) is 13.0 Å². The molecule has 0 saturated carbocycles. The summed E-state index contributed by atoms with van der Waals surface area (Å²) in [7, 11) is -3.41. The smallest absolute Gasteiger partial charge is 0.240 e. The lowest BCUT2D eigenvalue weighted by Crippen LogP contribution is -2.48. The lowest BCUT2D eigenvalue weighted by molar-refractivity contribution is -0.122. The Bertz CT molecular complexity index is 506. The standard InChI is InChI=1S/C13H19NO3S/c1-13(2,18(3,16)17)12(15)14-10-9-11-7-5-4-6-8-11/h4-8H,9-10H2,1-3H3,(H,14,15). The lowest BCUT2D eigenvalue weighted by atomic mass is 10.1. The fourth-order valence-corrected chi connectivity index (χ4v) is 1.76. The van der Waals surface area contributed by atoms with Crippen LogP contribution in [-0.2, 0) is 21.1 Å². The minimum atomic E-state index is -3.41. The molecule has 100 valence electrons. The Morgan fingerprint density at radius 1 is 1.22 bits per heavy atom. The highest BCUT2D eigenvalue weighted by molar-refractivity contribution is 7.92. The van der Waals surface area contributed by atoms with E-state index in [0.717, 1.165) is 11.8 Å². The second kappa shape index (κ2) is 5.52. The normalized spacial score (nSPS) is 12.2. The molecule has 0 aliphatic carbocycles. The van der Waals surface area contributed by atoms with E-state index < -0.39 is 20.5 Å². The van der Waals surface area contributed by atoms with Gasteiger partial charge in [0.05, 0.1) is 0 Å². The number of hydrogen-bond donors (Lipinski definition) is 1. The van der Waals surface area contributed by atoms with Crippen molar-refractivity contribution in [1.82, 2.24) is 5.32 Å². The Balaban J connectivity index is 2.53. The third-order valence-electron chi connectivity index (χ3n) is 3.02. The molecule has 1 rings (SSSR count).